The van der Waals surface area contributed by atoms with Gasteiger partial charge < -0.3 is 15.2 Å². The van der Waals surface area contributed by atoms with E-state index in [0.717, 1.165) is 60.8 Å². The third kappa shape index (κ3) is 4.70. The van der Waals surface area contributed by atoms with Gasteiger partial charge in [-0.1, -0.05) is 35.9 Å². The van der Waals surface area contributed by atoms with Gasteiger partial charge in [0.25, 0.3) is 0 Å². The number of hydrogen-bond acceptors (Lipinski definition) is 4. The monoisotopic (exact) mass is 467 g/mol. The number of halogens is 3. The van der Waals surface area contributed by atoms with Crippen molar-refractivity contribution in [1.29, 1.82) is 0 Å². The minimum absolute atomic E-state index is 0.285. The molecule has 8 heteroatoms. The van der Waals surface area contributed by atoms with Crippen LogP contribution in [0.2, 0.25) is 5.02 Å². The van der Waals surface area contributed by atoms with E-state index in [4.69, 9.17) is 16.6 Å². The van der Waals surface area contributed by atoms with Gasteiger partial charge in [-0.25, -0.2) is 13.8 Å². The second-order valence-electron chi connectivity index (χ2n) is 8.41. The van der Waals surface area contributed by atoms with Gasteiger partial charge in [-0.2, -0.15) is 4.98 Å². The minimum Gasteiger partial charge on any atom is -0.350 e. The molecular weight excluding hydrogens is 444 g/mol. The Balaban J connectivity index is 1.50. The van der Waals surface area contributed by atoms with Crippen LogP contribution in [0.15, 0.2) is 54.7 Å². The maximum Gasteiger partial charge on any atom is 0.224 e. The van der Waals surface area contributed by atoms with E-state index in [1.165, 1.54) is 12.1 Å². The van der Waals surface area contributed by atoms with Crippen molar-refractivity contribution in [3.63, 3.8) is 0 Å². The highest BCUT2D eigenvalue weighted by atomic mass is 35.5. The number of piperidine rings is 1. The number of rotatable bonds is 6. The van der Waals surface area contributed by atoms with Crippen LogP contribution in [0.1, 0.15) is 18.4 Å². The molecule has 1 aliphatic heterocycles. The van der Waals surface area contributed by atoms with Gasteiger partial charge in [0.15, 0.2) is 11.6 Å². The number of fused-ring (bicyclic) bond motifs is 1. The first-order chi connectivity index (χ1) is 16.1. The quantitative estimate of drug-likeness (QED) is 0.385. The molecule has 0 aliphatic carbocycles. The SMILES string of the molecule is Fc1ccc(CNc2ncc3cc(-c4ccccc4Cl)n(CC4CCCNC4)c3n2)cc1F. The molecule has 33 heavy (non-hydrogen) atoms. The highest BCUT2D eigenvalue weighted by Gasteiger charge is 2.20. The van der Waals surface area contributed by atoms with E-state index < -0.39 is 11.6 Å². The first kappa shape index (κ1) is 21.8. The molecule has 0 bridgehead atoms. The number of benzene rings is 2. The lowest BCUT2D eigenvalue weighted by atomic mass is 9.99. The molecule has 1 fully saturated rings. The largest absolute Gasteiger partial charge is 0.350 e. The zero-order valence-corrected chi connectivity index (χ0v) is 18.7. The Morgan fingerprint density at radius 1 is 1.12 bits per heavy atom. The van der Waals surface area contributed by atoms with Crippen LogP contribution in [0.25, 0.3) is 22.3 Å². The highest BCUT2D eigenvalue weighted by Crippen LogP contribution is 2.33. The molecule has 170 valence electrons. The molecule has 1 atom stereocenters. The third-order valence-corrected chi connectivity index (χ3v) is 6.39. The molecule has 1 aliphatic rings. The Morgan fingerprint density at radius 3 is 2.79 bits per heavy atom. The topological polar surface area (TPSA) is 54.8 Å². The van der Waals surface area contributed by atoms with Gasteiger partial charge in [-0.3, -0.25) is 0 Å². The second kappa shape index (κ2) is 9.45. The predicted octanol–water partition coefficient (Wildman–Crippen LogP) is 5.64. The van der Waals surface area contributed by atoms with Crippen molar-refractivity contribution in [2.24, 2.45) is 5.92 Å². The maximum absolute atomic E-state index is 13.5. The number of nitrogens with one attached hydrogen (secondary N) is 2. The van der Waals surface area contributed by atoms with E-state index >= 15 is 0 Å². The fourth-order valence-corrected chi connectivity index (χ4v) is 4.60. The lowest BCUT2D eigenvalue weighted by Crippen LogP contribution is -2.32. The fourth-order valence-electron chi connectivity index (χ4n) is 4.37. The molecule has 1 unspecified atom stereocenters. The van der Waals surface area contributed by atoms with Gasteiger partial charge in [-0.15, -0.1) is 0 Å². The number of nitrogens with zero attached hydrogens (tertiary/aromatic N) is 3. The Hall–Kier alpha value is -3.03. The van der Waals surface area contributed by atoms with Gasteiger partial charge in [0.1, 0.15) is 5.65 Å². The molecule has 5 rings (SSSR count). The summed E-state index contributed by atoms with van der Waals surface area (Å²) in [6.07, 6.45) is 4.09. The zero-order valence-electron chi connectivity index (χ0n) is 18.0. The lowest BCUT2D eigenvalue weighted by molar-refractivity contribution is 0.341. The highest BCUT2D eigenvalue weighted by molar-refractivity contribution is 6.33. The van der Waals surface area contributed by atoms with Crippen LogP contribution in [-0.2, 0) is 13.1 Å². The summed E-state index contributed by atoms with van der Waals surface area (Å²) in [7, 11) is 0. The zero-order chi connectivity index (χ0) is 22.8. The number of hydrogen-bond donors (Lipinski definition) is 2. The van der Waals surface area contributed by atoms with Gasteiger partial charge in [0.05, 0.1) is 5.69 Å². The molecule has 0 amide bonds. The molecule has 2 N–H and O–H groups in total. The molecular formula is C25H24ClF2N5. The molecule has 0 radical (unpaired) electrons. The molecule has 2 aromatic carbocycles. The normalized spacial score (nSPS) is 16.3. The van der Waals surface area contributed by atoms with Crippen LogP contribution in [-0.4, -0.2) is 27.6 Å². The van der Waals surface area contributed by atoms with E-state index in [1.54, 1.807) is 6.20 Å². The van der Waals surface area contributed by atoms with Gasteiger partial charge in [0.2, 0.25) is 5.95 Å². The maximum atomic E-state index is 13.5. The average molecular weight is 468 g/mol. The van der Waals surface area contributed by atoms with E-state index in [2.05, 4.69) is 26.3 Å². The summed E-state index contributed by atoms with van der Waals surface area (Å²) in [6, 6.07) is 13.7. The van der Waals surface area contributed by atoms with Crippen LogP contribution in [0.3, 0.4) is 0 Å². The van der Waals surface area contributed by atoms with Crippen LogP contribution >= 0.6 is 11.6 Å². The Bertz CT molecular complexity index is 1280. The van der Waals surface area contributed by atoms with Crippen LogP contribution < -0.4 is 10.6 Å². The molecule has 5 nitrogen and oxygen atoms in total. The van der Waals surface area contributed by atoms with Gasteiger partial charge >= 0.3 is 0 Å². The third-order valence-electron chi connectivity index (χ3n) is 6.06. The molecule has 0 saturated carbocycles. The van der Waals surface area contributed by atoms with Gasteiger partial charge in [-0.05, 0) is 61.7 Å². The fraction of sp³-hybridized carbons (Fsp3) is 0.280. The Labute approximate surface area is 195 Å². The van der Waals surface area contributed by atoms with Crippen LogP contribution in [0.4, 0.5) is 14.7 Å². The number of anilines is 1. The molecule has 4 aromatic rings. The first-order valence-corrected chi connectivity index (χ1v) is 11.5. The van der Waals surface area contributed by atoms with E-state index in [9.17, 15) is 8.78 Å². The summed E-state index contributed by atoms with van der Waals surface area (Å²) in [5.74, 6) is -0.813. The van der Waals surface area contributed by atoms with Crippen molar-refractivity contribution in [1.82, 2.24) is 19.9 Å². The molecule has 3 heterocycles. The smallest absolute Gasteiger partial charge is 0.224 e. The summed E-state index contributed by atoms with van der Waals surface area (Å²) >= 11 is 6.54. The van der Waals surface area contributed by atoms with Crippen molar-refractivity contribution in [3.05, 3.63) is 76.9 Å². The number of aromatic nitrogens is 3. The van der Waals surface area contributed by atoms with E-state index in [0.29, 0.717) is 22.5 Å². The standard InChI is InChI=1S/C25H24ClF2N5/c26-20-6-2-1-5-19(20)23-11-18-14-31-25(30-13-16-7-8-21(27)22(28)10-16)32-24(18)33(23)15-17-4-3-9-29-12-17/h1-2,5-8,10-11,14,17,29H,3-4,9,12-13,15H2,(H,30,31,32). The summed E-state index contributed by atoms with van der Waals surface area (Å²) in [6.45, 7) is 3.12. The molecule has 2 aromatic heterocycles. The molecule has 0 spiro atoms. The van der Waals surface area contributed by atoms with Crippen molar-refractivity contribution in [2.45, 2.75) is 25.9 Å². The van der Waals surface area contributed by atoms with E-state index in [-0.39, 0.29) is 6.54 Å². The van der Waals surface area contributed by atoms with Crippen molar-refractivity contribution in [2.75, 3.05) is 18.4 Å². The molecule has 1 saturated heterocycles. The Morgan fingerprint density at radius 2 is 2.00 bits per heavy atom. The minimum atomic E-state index is -0.870. The second-order valence-corrected chi connectivity index (χ2v) is 8.81. The van der Waals surface area contributed by atoms with Crippen LogP contribution in [0.5, 0.6) is 0 Å². The lowest BCUT2D eigenvalue weighted by Gasteiger charge is -2.24. The Kier molecular flexibility index (Phi) is 6.24. The first-order valence-electron chi connectivity index (χ1n) is 11.1. The van der Waals surface area contributed by atoms with E-state index in [1.807, 2.05) is 24.3 Å². The van der Waals surface area contributed by atoms with Gasteiger partial charge in [0, 0.05) is 35.3 Å². The van der Waals surface area contributed by atoms with Crippen molar-refractivity contribution >= 4 is 28.6 Å². The van der Waals surface area contributed by atoms with Crippen molar-refractivity contribution < 1.29 is 8.78 Å². The summed E-state index contributed by atoms with van der Waals surface area (Å²) in [5, 5.41) is 8.22. The predicted molar refractivity (Wildman–Crippen MR) is 127 cm³/mol. The average Bonchev–Trinajstić information content (AvgIpc) is 3.18. The van der Waals surface area contributed by atoms with Crippen LogP contribution in [0, 0.1) is 17.6 Å². The summed E-state index contributed by atoms with van der Waals surface area (Å²) in [4.78, 5) is 9.21. The van der Waals surface area contributed by atoms with Crippen molar-refractivity contribution in [3.8, 4) is 11.3 Å². The summed E-state index contributed by atoms with van der Waals surface area (Å²) < 4.78 is 29.0. The summed E-state index contributed by atoms with van der Waals surface area (Å²) in [5.41, 5.74) is 3.39.